The van der Waals surface area contributed by atoms with Crippen molar-refractivity contribution < 1.29 is 4.79 Å². The summed E-state index contributed by atoms with van der Waals surface area (Å²) in [5.74, 6) is 0.555. The summed E-state index contributed by atoms with van der Waals surface area (Å²) in [6, 6.07) is 8.98. The number of rotatable bonds is 3. The minimum Gasteiger partial charge on any atom is -0.337 e. The molecule has 1 aliphatic carbocycles. The number of likely N-dealkylation sites (N-methyl/N-ethyl adjacent to an activating group) is 1. The number of hydrogen-bond donors (Lipinski definition) is 1. The number of aryl methyl sites for hydroxylation is 1. The minimum absolute atomic E-state index is 0.190. The third-order valence-electron chi connectivity index (χ3n) is 4.52. The van der Waals surface area contributed by atoms with E-state index in [4.69, 9.17) is 0 Å². The molecular formula is C16H22N2O. The second-order valence-electron chi connectivity index (χ2n) is 5.64. The Bertz CT molecular complexity index is 468. The Morgan fingerprint density at radius 3 is 2.68 bits per heavy atom. The van der Waals surface area contributed by atoms with E-state index in [1.807, 2.05) is 0 Å². The number of benzene rings is 1. The summed E-state index contributed by atoms with van der Waals surface area (Å²) in [5.41, 5.74) is 2.80. The van der Waals surface area contributed by atoms with E-state index in [-0.39, 0.29) is 5.92 Å². The summed E-state index contributed by atoms with van der Waals surface area (Å²) in [7, 11) is 0. The van der Waals surface area contributed by atoms with Gasteiger partial charge in [0.1, 0.15) is 0 Å². The molecule has 0 radical (unpaired) electrons. The molecule has 1 aliphatic heterocycles. The number of nitrogens with one attached hydrogen (secondary N) is 1. The van der Waals surface area contributed by atoms with Gasteiger partial charge in [0.05, 0.1) is 6.04 Å². The highest BCUT2D eigenvalue weighted by Gasteiger charge is 2.33. The lowest BCUT2D eigenvalue weighted by Crippen LogP contribution is -2.60. The van der Waals surface area contributed by atoms with Gasteiger partial charge in [-0.1, -0.05) is 24.3 Å². The maximum absolute atomic E-state index is 12.7. The summed E-state index contributed by atoms with van der Waals surface area (Å²) in [5, 5.41) is 3.26. The van der Waals surface area contributed by atoms with Gasteiger partial charge in [-0.3, -0.25) is 4.79 Å². The molecule has 3 nitrogen and oxygen atoms in total. The Morgan fingerprint density at radius 1 is 1.32 bits per heavy atom. The third kappa shape index (κ3) is 2.39. The number of amides is 1. The average Bonchev–Trinajstić information content (AvgIpc) is 2.41. The van der Waals surface area contributed by atoms with Crippen LogP contribution in [0.3, 0.4) is 0 Å². The van der Waals surface area contributed by atoms with E-state index in [9.17, 15) is 4.79 Å². The van der Waals surface area contributed by atoms with E-state index in [2.05, 4.69) is 41.4 Å². The van der Waals surface area contributed by atoms with Crippen molar-refractivity contribution in [1.82, 2.24) is 10.2 Å². The van der Waals surface area contributed by atoms with E-state index in [0.29, 0.717) is 11.9 Å². The Labute approximate surface area is 115 Å². The van der Waals surface area contributed by atoms with Crippen molar-refractivity contribution in [1.29, 1.82) is 0 Å². The predicted molar refractivity (Wildman–Crippen MR) is 76.0 cm³/mol. The van der Waals surface area contributed by atoms with Crippen LogP contribution in [0.5, 0.6) is 0 Å². The molecule has 1 saturated heterocycles. The van der Waals surface area contributed by atoms with Crippen LogP contribution in [-0.4, -0.2) is 36.5 Å². The molecule has 1 amide bonds. The second-order valence-corrected chi connectivity index (χ2v) is 5.64. The number of fused-ring (bicyclic) bond motifs is 1. The third-order valence-corrected chi connectivity index (χ3v) is 4.52. The lowest BCUT2D eigenvalue weighted by molar-refractivity contribution is -0.139. The van der Waals surface area contributed by atoms with Crippen LogP contribution in [0.2, 0.25) is 0 Å². The van der Waals surface area contributed by atoms with E-state index in [1.54, 1.807) is 0 Å². The Kier molecular flexibility index (Phi) is 3.56. The molecule has 1 fully saturated rings. The smallest absolute Gasteiger partial charge is 0.226 e. The molecule has 1 atom stereocenters. The lowest BCUT2D eigenvalue weighted by atomic mass is 9.83. The molecule has 1 aromatic carbocycles. The molecule has 0 aromatic heterocycles. The van der Waals surface area contributed by atoms with Gasteiger partial charge in [0.15, 0.2) is 0 Å². The highest BCUT2D eigenvalue weighted by atomic mass is 16.2. The first kappa shape index (κ1) is 12.7. The number of carbonyl (C=O) groups is 1. The minimum atomic E-state index is 0.190. The molecule has 3 heteroatoms. The zero-order chi connectivity index (χ0) is 13.2. The molecule has 1 heterocycles. The van der Waals surface area contributed by atoms with E-state index < -0.39 is 0 Å². The Balaban J connectivity index is 1.71. The van der Waals surface area contributed by atoms with Crippen molar-refractivity contribution in [2.24, 2.45) is 5.92 Å². The van der Waals surface area contributed by atoms with Gasteiger partial charge in [-0.2, -0.15) is 0 Å². The first-order valence-electron chi connectivity index (χ1n) is 7.37. The van der Waals surface area contributed by atoms with Crippen LogP contribution in [0.4, 0.5) is 0 Å². The molecule has 0 bridgehead atoms. The molecule has 0 saturated carbocycles. The van der Waals surface area contributed by atoms with Gasteiger partial charge in [0, 0.05) is 25.6 Å². The summed E-state index contributed by atoms with van der Waals surface area (Å²) in [6.45, 7) is 4.85. The molecule has 19 heavy (non-hydrogen) atoms. The quantitative estimate of drug-likeness (QED) is 0.893. The van der Waals surface area contributed by atoms with Crippen molar-refractivity contribution in [2.75, 3.05) is 19.6 Å². The normalized spacial score (nSPS) is 22.5. The van der Waals surface area contributed by atoms with E-state index >= 15 is 0 Å². The van der Waals surface area contributed by atoms with Crippen LogP contribution in [0.25, 0.3) is 0 Å². The molecule has 1 unspecified atom stereocenters. The van der Waals surface area contributed by atoms with Crippen molar-refractivity contribution in [3.05, 3.63) is 35.4 Å². The monoisotopic (exact) mass is 258 g/mol. The largest absolute Gasteiger partial charge is 0.337 e. The van der Waals surface area contributed by atoms with E-state index in [1.165, 1.54) is 11.1 Å². The fourth-order valence-electron chi connectivity index (χ4n) is 3.23. The van der Waals surface area contributed by atoms with Crippen molar-refractivity contribution in [2.45, 2.75) is 32.2 Å². The van der Waals surface area contributed by atoms with Gasteiger partial charge in [-0.15, -0.1) is 0 Å². The van der Waals surface area contributed by atoms with Crippen LogP contribution < -0.4 is 5.32 Å². The second kappa shape index (κ2) is 5.33. The van der Waals surface area contributed by atoms with Crippen LogP contribution in [0.15, 0.2) is 24.3 Å². The molecular weight excluding hydrogens is 236 g/mol. The summed E-state index contributed by atoms with van der Waals surface area (Å²) in [4.78, 5) is 14.7. The molecule has 2 aliphatic rings. The summed E-state index contributed by atoms with van der Waals surface area (Å²) >= 11 is 0. The van der Waals surface area contributed by atoms with Crippen molar-refractivity contribution in [3.8, 4) is 0 Å². The average molecular weight is 258 g/mol. The fourth-order valence-corrected chi connectivity index (χ4v) is 3.23. The van der Waals surface area contributed by atoms with Crippen LogP contribution in [0, 0.1) is 5.92 Å². The van der Waals surface area contributed by atoms with Crippen LogP contribution >= 0.6 is 0 Å². The number of carbonyl (C=O) groups excluding carboxylic acids is 1. The van der Waals surface area contributed by atoms with Gasteiger partial charge >= 0.3 is 0 Å². The molecule has 102 valence electrons. The van der Waals surface area contributed by atoms with Crippen molar-refractivity contribution >= 4 is 5.91 Å². The predicted octanol–water partition coefficient (Wildman–Crippen LogP) is 1.61. The Hall–Kier alpha value is -1.35. The topological polar surface area (TPSA) is 32.3 Å². The van der Waals surface area contributed by atoms with Gasteiger partial charge in [0.2, 0.25) is 5.91 Å². The zero-order valence-corrected chi connectivity index (χ0v) is 11.6. The number of hydrogen-bond acceptors (Lipinski definition) is 2. The van der Waals surface area contributed by atoms with Gasteiger partial charge in [-0.05, 0) is 37.3 Å². The summed E-state index contributed by atoms with van der Waals surface area (Å²) in [6.07, 6.45) is 2.98. The molecule has 1 aromatic rings. The van der Waals surface area contributed by atoms with Crippen LogP contribution in [0.1, 0.15) is 24.5 Å². The van der Waals surface area contributed by atoms with Crippen LogP contribution in [-0.2, 0) is 17.6 Å². The Morgan fingerprint density at radius 2 is 2.05 bits per heavy atom. The number of nitrogens with zero attached hydrogens (tertiary/aromatic N) is 1. The zero-order valence-electron chi connectivity index (χ0n) is 11.6. The summed E-state index contributed by atoms with van der Waals surface area (Å²) < 4.78 is 0. The lowest BCUT2D eigenvalue weighted by Gasteiger charge is -2.40. The standard InChI is InChI=1S/C16H22N2O/c1-2-18(15-10-17-11-15)16(19)14-8-7-12-5-3-4-6-13(12)9-14/h3-6,14-15,17H,2,7-11H2,1H3. The fraction of sp³-hybridized carbons (Fsp3) is 0.562. The maximum atomic E-state index is 12.7. The highest BCUT2D eigenvalue weighted by Crippen LogP contribution is 2.27. The van der Waals surface area contributed by atoms with Crippen molar-refractivity contribution in [3.63, 3.8) is 0 Å². The van der Waals surface area contributed by atoms with E-state index in [0.717, 1.165) is 38.9 Å². The highest BCUT2D eigenvalue weighted by molar-refractivity contribution is 5.80. The maximum Gasteiger partial charge on any atom is 0.226 e. The first-order chi connectivity index (χ1) is 9.29. The molecule has 1 N–H and O–H groups in total. The van der Waals surface area contributed by atoms with Gasteiger partial charge < -0.3 is 10.2 Å². The van der Waals surface area contributed by atoms with Gasteiger partial charge in [0.25, 0.3) is 0 Å². The molecule has 3 rings (SSSR count). The molecule has 0 spiro atoms. The first-order valence-corrected chi connectivity index (χ1v) is 7.37. The van der Waals surface area contributed by atoms with Gasteiger partial charge in [-0.25, -0.2) is 0 Å². The SMILES string of the molecule is CCN(C(=O)C1CCc2ccccc2C1)C1CNC1.